The van der Waals surface area contributed by atoms with Crippen LogP contribution in [0.2, 0.25) is 0 Å². The van der Waals surface area contributed by atoms with Gasteiger partial charge >= 0.3 is 0 Å². The summed E-state index contributed by atoms with van der Waals surface area (Å²) >= 11 is 2.33. The molecule has 0 bridgehead atoms. The molecule has 0 saturated carbocycles. The largest absolute Gasteiger partial charge is 0.385 e. The summed E-state index contributed by atoms with van der Waals surface area (Å²) in [6, 6.07) is 0. The lowest BCUT2D eigenvalue weighted by Crippen LogP contribution is -2.10. The molecule has 1 heterocycles. The number of aryl methyl sites for hydroxylation is 1. The van der Waals surface area contributed by atoms with Gasteiger partial charge in [0.15, 0.2) is 0 Å². The van der Waals surface area contributed by atoms with E-state index in [-0.39, 0.29) is 0 Å². The summed E-state index contributed by atoms with van der Waals surface area (Å²) in [5.74, 6) is 0. The van der Waals surface area contributed by atoms with E-state index in [9.17, 15) is 0 Å². The first-order valence-corrected chi connectivity index (χ1v) is 6.51. The Morgan fingerprint density at radius 2 is 2.00 bits per heavy atom. The number of ether oxygens (including phenoxy) is 2. The second kappa shape index (κ2) is 7.24. The summed E-state index contributed by atoms with van der Waals surface area (Å²) in [6.45, 7) is 7.17. The van der Waals surface area contributed by atoms with Gasteiger partial charge in [-0.1, -0.05) is 0 Å². The molecule has 0 N–H and O–H groups in total. The molecule has 0 unspecified atom stereocenters. The van der Waals surface area contributed by atoms with Gasteiger partial charge in [-0.3, -0.25) is 4.68 Å². The van der Waals surface area contributed by atoms with Crippen LogP contribution >= 0.6 is 22.6 Å². The number of nitrogens with zero attached hydrogens (tertiary/aromatic N) is 2. The van der Waals surface area contributed by atoms with Gasteiger partial charge in [-0.25, -0.2) is 0 Å². The number of methoxy groups -OCH3 is 1. The van der Waals surface area contributed by atoms with Crippen LogP contribution in [0.3, 0.4) is 0 Å². The summed E-state index contributed by atoms with van der Waals surface area (Å²) < 4.78 is 13.7. The third kappa shape index (κ3) is 4.03. The lowest BCUT2D eigenvalue weighted by Gasteiger charge is -2.05. The molecule has 5 heteroatoms. The highest BCUT2D eigenvalue weighted by molar-refractivity contribution is 14.1. The summed E-state index contributed by atoms with van der Waals surface area (Å²) in [6.07, 6.45) is 0.950. The fraction of sp³-hybridized carbons (Fsp3) is 0.727. The first-order chi connectivity index (χ1) is 7.66. The number of aromatic nitrogens is 2. The van der Waals surface area contributed by atoms with Gasteiger partial charge in [0.05, 0.1) is 22.4 Å². The predicted molar refractivity (Wildman–Crippen MR) is 71.7 cm³/mol. The van der Waals surface area contributed by atoms with Crippen LogP contribution in [0.15, 0.2) is 0 Å². The fourth-order valence-electron chi connectivity index (χ4n) is 1.45. The Balaban J connectivity index is 2.24. The number of hydrogen-bond acceptors (Lipinski definition) is 3. The van der Waals surface area contributed by atoms with Crippen molar-refractivity contribution in [2.24, 2.45) is 0 Å². The van der Waals surface area contributed by atoms with Crippen LogP contribution in [0.25, 0.3) is 0 Å². The minimum absolute atomic E-state index is 0.710. The highest BCUT2D eigenvalue weighted by Crippen LogP contribution is 2.14. The van der Waals surface area contributed by atoms with E-state index in [1.165, 1.54) is 9.26 Å². The standard InChI is InChI=1S/C11H19IN2O2/c1-9-11(12)10(2)14(13-9)5-8-16-7-4-6-15-3/h4-8H2,1-3H3. The van der Waals surface area contributed by atoms with Crippen molar-refractivity contribution in [3.63, 3.8) is 0 Å². The van der Waals surface area contributed by atoms with Crippen molar-refractivity contribution < 1.29 is 9.47 Å². The molecule has 0 aliphatic heterocycles. The second-order valence-electron chi connectivity index (χ2n) is 3.67. The molecule has 1 aromatic rings. The van der Waals surface area contributed by atoms with Gasteiger partial charge in [0, 0.05) is 26.0 Å². The van der Waals surface area contributed by atoms with Crippen molar-refractivity contribution in [3.05, 3.63) is 15.0 Å². The van der Waals surface area contributed by atoms with E-state index in [4.69, 9.17) is 9.47 Å². The zero-order chi connectivity index (χ0) is 12.0. The van der Waals surface area contributed by atoms with Crippen LogP contribution in [-0.4, -0.2) is 36.7 Å². The summed E-state index contributed by atoms with van der Waals surface area (Å²) in [5, 5.41) is 4.45. The van der Waals surface area contributed by atoms with E-state index in [2.05, 4.69) is 34.6 Å². The number of halogens is 1. The van der Waals surface area contributed by atoms with E-state index in [0.717, 1.165) is 31.9 Å². The molecule has 0 aliphatic carbocycles. The third-order valence-electron chi connectivity index (χ3n) is 2.38. The lowest BCUT2D eigenvalue weighted by atomic mass is 10.4. The molecule has 92 valence electrons. The van der Waals surface area contributed by atoms with E-state index in [0.29, 0.717) is 6.61 Å². The average Bonchev–Trinajstić information content (AvgIpc) is 2.51. The fourth-order valence-corrected chi connectivity index (χ4v) is 1.84. The quantitative estimate of drug-likeness (QED) is 0.565. The molecule has 0 radical (unpaired) electrons. The summed E-state index contributed by atoms with van der Waals surface area (Å²) in [5.41, 5.74) is 2.32. The van der Waals surface area contributed by atoms with Gasteiger partial charge in [-0.2, -0.15) is 5.10 Å². The molecule has 4 nitrogen and oxygen atoms in total. The monoisotopic (exact) mass is 338 g/mol. The van der Waals surface area contributed by atoms with E-state index in [1.807, 2.05) is 11.6 Å². The van der Waals surface area contributed by atoms with E-state index >= 15 is 0 Å². The zero-order valence-electron chi connectivity index (χ0n) is 10.1. The highest BCUT2D eigenvalue weighted by atomic mass is 127. The maximum atomic E-state index is 5.50. The van der Waals surface area contributed by atoms with Crippen LogP contribution in [-0.2, 0) is 16.0 Å². The van der Waals surface area contributed by atoms with Gasteiger partial charge in [0.2, 0.25) is 0 Å². The van der Waals surface area contributed by atoms with Gasteiger partial charge in [-0.15, -0.1) is 0 Å². The van der Waals surface area contributed by atoms with Crippen LogP contribution in [0.4, 0.5) is 0 Å². The minimum Gasteiger partial charge on any atom is -0.385 e. The predicted octanol–water partition coefficient (Wildman–Crippen LogP) is 2.16. The molecular weight excluding hydrogens is 319 g/mol. The second-order valence-corrected chi connectivity index (χ2v) is 4.75. The van der Waals surface area contributed by atoms with Crippen LogP contribution < -0.4 is 0 Å². The van der Waals surface area contributed by atoms with Crippen LogP contribution in [0.1, 0.15) is 17.8 Å². The Morgan fingerprint density at radius 3 is 2.56 bits per heavy atom. The minimum atomic E-state index is 0.710. The van der Waals surface area contributed by atoms with Crippen molar-refractivity contribution in [2.45, 2.75) is 26.8 Å². The first kappa shape index (κ1) is 13.9. The molecule has 0 aromatic carbocycles. The average molecular weight is 338 g/mol. The molecule has 0 spiro atoms. The van der Waals surface area contributed by atoms with Gasteiger partial charge in [0.25, 0.3) is 0 Å². The molecule has 16 heavy (non-hydrogen) atoms. The Hall–Kier alpha value is -0.140. The van der Waals surface area contributed by atoms with Gasteiger partial charge < -0.3 is 9.47 Å². The van der Waals surface area contributed by atoms with Crippen molar-refractivity contribution in [1.29, 1.82) is 0 Å². The van der Waals surface area contributed by atoms with E-state index in [1.54, 1.807) is 7.11 Å². The summed E-state index contributed by atoms with van der Waals surface area (Å²) in [4.78, 5) is 0. The van der Waals surface area contributed by atoms with Crippen molar-refractivity contribution in [1.82, 2.24) is 9.78 Å². The molecule has 1 aromatic heterocycles. The smallest absolute Gasteiger partial charge is 0.0730 e. The zero-order valence-corrected chi connectivity index (χ0v) is 12.3. The Morgan fingerprint density at radius 1 is 1.25 bits per heavy atom. The van der Waals surface area contributed by atoms with Crippen molar-refractivity contribution in [2.75, 3.05) is 26.9 Å². The Kier molecular flexibility index (Phi) is 6.30. The molecule has 0 fully saturated rings. The Labute approximate surface area is 110 Å². The molecular formula is C11H19IN2O2. The van der Waals surface area contributed by atoms with Crippen LogP contribution in [0, 0.1) is 17.4 Å². The maximum absolute atomic E-state index is 5.50. The Bertz CT molecular complexity index is 326. The SMILES string of the molecule is COCCCOCCn1nc(C)c(I)c1C. The van der Waals surface area contributed by atoms with Crippen molar-refractivity contribution >= 4 is 22.6 Å². The first-order valence-electron chi connectivity index (χ1n) is 5.43. The lowest BCUT2D eigenvalue weighted by molar-refractivity contribution is 0.0958. The number of rotatable bonds is 7. The van der Waals surface area contributed by atoms with Crippen molar-refractivity contribution in [3.8, 4) is 0 Å². The molecule has 0 atom stereocenters. The highest BCUT2D eigenvalue weighted by Gasteiger charge is 2.07. The van der Waals surface area contributed by atoms with Gasteiger partial charge in [-0.05, 0) is 42.9 Å². The van der Waals surface area contributed by atoms with E-state index < -0.39 is 0 Å². The normalized spacial score (nSPS) is 11.0. The van der Waals surface area contributed by atoms with Crippen LogP contribution in [0.5, 0.6) is 0 Å². The maximum Gasteiger partial charge on any atom is 0.0730 e. The third-order valence-corrected chi connectivity index (χ3v) is 3.94. The topological polar surface area (TPSA) is 36.3 Å². The molecule has 0 aliphatic rings. The molecule has 0 saturated heterocycles. The van der Waals surface area contributed by atoms with Gasteiger partial charge in [0.1, 0.15) is 0 Å². The molecule has 1 rings (SSSR count). The molecule has 0 amide bonds. The number of hydrogen-bond donors (Lipinski definition) is 0. The summed E-state index contributed by atoms with van der Waals surface area (Å²) in [7, 11) is 1.71.